The van der Waals surface area contributed by atoms with E-state index < -0.39 is 26.6 Å². The molecule has 1 aliphatic rings. The molecule has 180 valence electrons. The van der Waals surface area contributed by atoms with Crippen molar-refractivity contribution in [1.82, 2.24) is 14.1 Å². The minimum absolute atomic E-state index is 0.00162. The van der Waals surface area contributed by atoms with Gasteiger partial charge in [0, 0.05) is 31.2 Å². The van der Waals surface area contributed by atoms with Crippen LogP contribution in [0.15, 0.2) is 59.5 Å². The maximum atomic E-state index is 13.5. The zero-order valence-electron chi connectivity index (χ0n) is 18.7. The van der Waals surface area contributed by atoms with Crippen LogP contribution in [0.2, 0.25) is 5.02 Å². The third-order valence-corrected chi connectivity index (χ3v) is 8.05. The summed E-state index contributed by atoms with van der Waals surface area (Å²) in [4.78, 5) is 15.3. The first kappa shape index (κ1) is 24.2. The molecule has 34 heavy (non-hydrogen) atoms. The van der Waals surface area contributed by atoms with Crippen molar-refractivity contribution in [2.75, 3.05) is 31.1 Å². The molecule has 2 aromatic carbocycles. The second-order valence-electron chi connectivity index (χ2n) is 8.09. The Morgan fingerprint density at radius 2 is 1.74 bits per heavy atom. The van der Waals surface area contributed by atoms with Crippen LogP contribution in [-0.4, -0.2) is 53.9 Å². The molecule has 1 aromatic heterocycles. The van der Waals surface area contributed by atoms with Crippen LogP contribution in [0.1, 0.15) is 13.8 Å². The molecule has 0 saturated carbocycles. The van der Waals surface area contributed by atoms with Crippen LogP contribution >= 0.6 is 11.6 Å². The fourth-order valence-electron chi connectivity index (χ4n) is 3.64. The molecule has 1 saturated heterocycles. The topological polar surface area (TPSA) is 84.7 Å². The molecular formula is C23H24ClFN4O4S. The first-order valence-corrected chi connectivity index (χ1v) is 12.6. The first-order valence-electron chi connectivity index (χ1n) is 10.7. The number of hydrogen-bond donors (Lipinski definition) is 0. The van der Waals surface area contributed by atoms with Crippen LogP contribution in [-0.2, 0) is 10.0 Å². The normalized spacial score (nSPS) is 15.0. The van der Waals surface area contributed by atoms with Gasteiger partial charge in [-0.3, -0.25) is 4.79 Å². The van der Waals surface area contributed by atoms with Crippen LogP contribution in [0.25, 0.3) is 5.69 Å². The highest BCUT2D eigenvalue weighted by molar-refractivity contribution is 7.89. The summed E-state index contributed by atoms with van der Waals surface area (Å²) >= 11 is 6.09. The van der Waals surface area contributed by atoms with Crippen molar-refractivity contribution in [2.24, 2.45) is 0 Å². The number of benzene rings is 2. The zero-order chi connectivity index (χ0) is 24.5. The molecule has 0 radical (unpaired) electrons. The lowest BCUT2D eigenvalue weighted by molar-refractivity contribution is 0.378. The number of rotatable bonds is 6. The first-order chi connectivity index (χ1) is 16.2. The quantitative estimate of drug-likeness (QED) is 0.507. The Labute approximate surface area is 202 Å². The molecular weight excluding hydrogens is 483 g/mol. The van der Waals surface area contributed by atoms with Crippen molar-refractivity contribution in [1.29, 1.82) is 0 Å². The highest BCUT2D eigenvalue weighted by Gasteiger charge is 2.31. The average molecular weight is 507 g/mol. The van der Waals surface area contributed by atoms with Crippen LogP contribution < -0.4 is 15.2 Å². The van der Waals surface area contributed by atoms with Gasteiger partial charge in [0.15, 0.2) is 0 Å². The monoisotopic (exact) mass is 506 g/mol. The van der Waals surface area contributed by atoms with Gasteiger partial charge in [-0.2, -0.15) is 14.1 Å². The molecule has 8 nitrogen and oxygen atoms in total. The van der Waals surface area contributed by atoms with E-state index in [0.717, 1.165) is 0 Å². The van der Waals surface area contributed by atoms with Crippen LogP contribution in [0.4, 0.5) is 10.1 Å². The molecule has 0 atom stereocenters. The Kier molecular flexibility index (Phi) is 6.92. The van der Waals surface area contributed by atoms with Crippen LogP contribution in [0, 0.1) is 5.82 Å². The predicted molar refractivity (Wildman–Crippen MR) is 129 cm³/mol. The maximum absolute atomic E-state index is 13.5. The van der Waals surface area contributed by atoms with Crippen LogP contribution in [0.5, 0.6) is 11.5 Å². The summed E-state index contributed by atoms with van der Waals surface area (Å²) in [5, 5.41) is 4.24. The third kappa shape index (κ3) is 4.94. The molecule has 0 aliphatic carbocycles. The number of piperazine rings is 1. The van der Waals surface area contributed by atoms with E-state index in [9.17, 15) is 17.6 Å². The van der Waals surface area contributed by atoms with Crippen molar-refractivity contribution in [3.8, 4) is 17.2 Å². The van der Waals surface area contributed by atoms with Gasteiger partial charge in [0.2, 0.25) is 15.8 Å². The Hall–Kier alpha value is -2.95. The summed E-state index contributed by atoms with van der Waals surface area (Å²) in [5.74, 6) is -0.146. The number of nitrogens with zero attached hydrogens (tertiary/aromatic N) is 4. The summed E-state index contributed by atoms with van der Waals surface area (Å²) in [6, 6.07) is 12.0. The van der Waals surface area contributed by atoms with Gasteiger partial charge in [-0.25, -0.2) is 12.8 Å². The summed E-state index contributed by atoms with van der Waals surface area (Å²) in [6.45, 7) is 4.55. The van der Waals surface area contributed by atoms with Crippen LogP contribution in [0.3, 0.4) is 0 Å². The molecule has 4 rings (SSSR count). The van der Waals surface area contributed by atoms with E-state index in [4.69, 9.17) is 16.3 Å². The van der Waals surface area contributed by atoms with Crippen molar-refractivity contribution in [3.63, 3.8) is 0 Å². The minimum Gasteiger partial charge on any atom is -0.449 e. The smallest absolute Gasteiger partial charge is 0.316 e. The van der Waals surface area contributed by atoms with Gasteiger partial charge in [0.1, 0.15) is 17.3 Å². The molecule has 1 fully saturated rings. The molecule has 11 heteroatoms. The number of aromatic nitrogens is 2. The van der Waals surface area contributed by atoms with Gasteiger partial charge < -0.3 is 9.64 Å². The second kappa shape index (κ2) is 9.73. The number of halogens is 2. The SMILES string of the molecule is CC(C)S(=O)(=O)N1CCN(c2cnn(-c3cccc(Cl)c3)c(=O)c2Oc2ccc(F)cc2)CC1. The van der Waals surface area contributed by atoms with E-state index in [1.54, 1.807) is 38.1 Å². The molecule has 1 aliphatic heterocycles. The fourth-order valence-corrected chi connectivity index (χ4v) is 5.10. The highest BCUT2D eigenvalue weighted by atomic mass is 35.5. The van der Waals surface area contributed by atoms with E-state index in [2.05, 4.69) is 5.10 Å². The number of ether oxygens (including phenoxy) is 1. The summed E-state index contributed by atoms with van der Waals surface area (Å²) in [7, 11) is -3.38. The van der Waals surface area contributed by atoms with Crippen molar-refractivity contribution in [3.05, 3.63) is 75.9 Å². The van der Waals surface area contributed by atoms with Gasteiger partial charge in [0.05, 0.1) is 17.1 Å². The summed E-state index contributed by atoms with van der Waals surface area (Å²) in [6.07, 6.45) is 1.51. The number of anilines is 1. The average Bonchev–Trinajstić information content (AvgIpc) is 2.81. The van der Waals surface area contributed by atoms with Gasteiger partial charge in [0.25, 0.3) is 0 Å². The van der Waals surface area contributed by atoms with E-state index >= 15 is 0 Å². The Balaban J connectivity index is 1.71. The zero-order valence-corrected chi connectivity index (χ0v) is 20.3. The van der Waals surface area contributed by atoms with Crippen molar-refractivity contribution >= 4 is 27.3 Å². The van der Waals surface area contributed by atoms with Gasteiger partial charge in [-0.05, 0) is 56.3 Å². The molecule has 3 aromatic rings. The lowest BCUT2D eigenvalue weighted by atomic mass is 10.2. The summed E-state index contributed by atoms with van der Waals surface area (Å²) in [5.41, 5.74) is 0.358. The van der Waals surface area contributed by atoms with Crippen molar-refractivity contribution in [2.45, 2.75) is 19.1 Å². The van der Waals surface area contributed by atoms with Crippen molar-refractivity contribution < 1.29 is 17.5 Å². The molecule has 0 amide bonds. The van der Waals surface area contributed by atoms with Gasteiger partial charge in [-0.15, -0.1) is 0 Å². The van der Waals surface area contributed by atoms with E-state index in [-0.39, 0.29) is 24.6 Å². The fraction of sp³-hybridized carbons (Fsp3) is 0.304. The Morgan fingerprint density at radius 1 is 1.06 bits per heavy atom. The largest absolute Gasteiger partial charge is 0.449 e. The highest BCUT2D eigenvalue weighted by Crippen LogP contribution is 2.30. The lowest BCUT2D eigenvalue weighted by Gasteiger charge is -2.36. The van der Waals surface area contributed by atoms with E-state index in [1.807, 2.05) is 4.90 Å². The van der Waals surface area contributed by atoms with E-state index in [0.29, 0.717) is 29.5 Å². The van der Waals surface area contributed by atoms with E-state index in [1.165, 1.54) is 39.4 Å². The van der Waals surface area contributed by atoms with Gasteiger partial charge in [-0.1, -0.05) is 17.7 Å². The Morgan fingerprint density at radius 3 is 2.35 bits per heavy atom. The molecule has 0 N–H and O–H groups in total. The minimum atomic E-state index is -3.38. The molecule has 0 spiro atoms. The molecule has 0 unspecified atom stereocenters. The standard InChI is InChI=1S/C23H24ClFN4O4S/c1-16(2)34(31,32)28-12-10-27(11-13-28)21-15-26-29(19-5-3-4-17(24)14-19)23(30)22(21)33-20-8-6-18(25)7-9-20/h3-9,14-16H,10-13H2,1-2H3. The lowest BCUT2D eigenvalue weighted by Crippen LogP contribution is -2.50. The number of hydrogen-bond acceptors (Lipinski definition) is 6. The second-order valence-corrected chi connectivity index (χ2v) is 11.0. The third-order valence-electron chi connectivity index (χ3n) is 5.54. The molecule has 0 bridgehead atoms. The molecule has 2 heterocycles. The maximum Gasteiger partial charge on any atom is 0.316 e. The van der Waals surface area contributed by atoms with Gasteiger partial charge >= 0.3 is 5.56 Å². The predicted octanol–water partition coefficient (Wildman–Crippen LogP) is 3.68. The Bertz CT molecular complexity index is 1340. The number of sulfonamides is 1. The summed E-state index contributed by atoms with van der Waals surface area (Å²) < 4.78 is 47.0.